The molecule has 1 heterocycles. The van der Waals surface area contributed by atoms with Gasteiger partial charge in [0.2, 0.25) is 0 Å². The molecule has 0 aromatic rings. The van der Waals surface area contributed by atoms with Gasteiger partial charge in [0.1, 0.15) is 0 Å². The van der Waals surface area contributed by atoms with E-state index in [1.165, 1.54) is 0 Å². The number of rotatable bonds is 3. The minimum Gasteiger partial charge on any atom is -0.371 e. The van der Waals surface area contributed by atoms with E-state index >= 15 is 0 Å². The lowest BCUT2D eigenvalue weighted by Gasteiger charge is -2.24. The molecule has 0 aliphatic carbocycles. The summed E-state index contributed by atoms with van der Waals surface area (Å²) >= 11 is 0. The van der Waals surface area contributed by atoms with E-state index in [1.807, 2.05) is 0 Å². The van der Waals surface area contributed by atoms with Gasteiger partial charge in [0, 0.05) is 12.6 Å². The Morgan fingerprint density at radius 2 is 1.61 bits per heavy atom. The van der Waals surface area contributed by atoms with Crippen molar-refractivity contribution in [2.45, 2.75) is 19.9 Å². The molecule has 0 unspecified atom stereocenters. The third-order valence-electron chi connectivity index (χ3n) is 1.68. The van der Waals surface area contributed by atoms with Crippen LogP contribution in [0.3, 0.4) is 0 Å². The molecule has 0 aromatic carbocycles. The highest BCUT2D eigenvalue weighted by molar-refractivity contribution is 7.94. The summed E-state index contributed by atoms with van der Waals surface area (Å²) in [4.78, 5) is 2.29. The second-order valence-corrected chi connectivity index (χ2v) is 5.74. The van der Waals surface area contributed by atoms with Crippen molar-refractivity contribution in [3.63, 3.8) is 0 Å². The van der Waals surface area contributed by atoms with Crippen LogP contribution >= 0.6 is 0 Å². The summed E-state index contributed by atoms with van der Waals surface area (Å²) in [5, 5.41) is 0. The number of hydrogen-bond donors (Lipinski definition) is 2. The van der Waals surface area contributed by atoms with Crippen LogP contribution < -0.4 is 0 Å². The first kappa shape index (κ1) is 17.1. The molecule has 0 amide bonds. The molecule has 0 radical (unpaired) electrons. The van der Waals surface area contributed by atoms with Gasteiger partial charge < -0.3 is 4.90 Å². The van der Waals surface area contributed by atoms with Crippen LogP contribution in [0.5, 0.6) is 0 Å². The fraction of sp³-hybridized carbons (Fsp3) is 0.500. The lowest BCUT2D eigenvalue weighted by Crippen LogP contribution is -2.26. The minimum absolute atomic E-state index is 0.631. The fourth-order valence-corrected chi connectivity index (χ4v) is 1.84. The molecule has 1 rings (SSSR count). The van der Waals surface area contributed by atoms with Gasteiger partial charge >= 0.3 is 20.8 Å². The van der Waals surface area contributed by atoms with Crippen LogP contribution in [0.1, 0.15) is 13.8 Å². The smallest absolute Gasteiger partial charge is 0.371 e. The Kier molecular flexibility index (Phi) is 6.49. The molecule has 8 nitrogen and oxygen atoms in total. The number of hydrogen-bond acceptors (Lipinski definition) is 6. The average Bonchev–Trinajstić information content (AvgIpc) is 2.14. The lowest BCUT2D eigenvalue weighted by atomic mass is 10.3. The highest BCUT2D eigenvalue weighted by Crippen LogP contribution is 2.02. The van der Waals surface area contributed by atoms with E-state index in [4.69, 9.17) is 9.11 Å². The molecule has 0 fully saturated rings. The molecule has 0 spiro atoms. The molecule has 0 bridgehead atoms. The Hall–Kier alpha value is -0.940. The summed E-state index contributed by atoms with van der Waals surface area (Å²) in [5.41, 5.74) is 0. The quantitative estimate of drug-likeness (QED) is 0.718. The Morgan fingerprint density at radius 3 is 1.78 bits per heavy atom. The minimum atomic E-state index is -5.12. The number of allylic oxidation sites excluding steroid dienone is 2. The summed E-state index contributed by atoms with van der Waals surface area (Å²) in [6.07, 6.45) is 8.45. The summed E-state index contributed by atoms with van der Waals surface area (Å²) in [7, 11) is -10.2. The maximum atomic E-state index is 9.44. The van der Waals surface area contributed by atoms with Crippen LogP contribution in [0.4, 0.5) is 0 Å². The lowest BCUT2D eigenvalue weighted by molar-refractivity contribution is 0.339. The molecular formula is C8H15NO7S2. The predicted octanol–water partition coefficient (Wildman–Crippen LogP) is 0.389. The normalized spacial score (nSPS) is 15.5. The molecule has 0 saturated heterocycles. The van der Waals surface area contributed by atoms with E-state index in [-0.39, 0.29) is 0 Å². The molecule has 1 aliphatic heterocycles. The summed E-state index contributed by atoms with van der Waals surface area (Å²) in [6.45, 7) is 5.46. The summed E-state index contributed by atoms with van der Waals surface area (Å²) in [5.74, 6) is 0. The van der Waals surface area contributed by atoms with E-state index in [2.05, 4.69) is 46.8 Å². The van der Waals surface area contributed by atoms with E-state index in [1.54, 1.807) is 0 Å². The van der Waals surface area contributed by atoms with E-state index < -0.39 is 20.8 Å². The monoisotopic (exact) mass is 301 g/mol. The average molecular weight is 301 g/mol. The standard InChI is InChI=1S/C8H13N.H2O7S2/c1-8(2)9-6-4-3-5-7-9;1-8(2,3)7-9(4,5)6/h3-6,8H,7H2,1-2H3;(H,1,2,3)(H,4,5,6). The van der Waals surface area contributed by atoms with Gasteiger partial charge in [0.05, 0.1) is 0 Å². The van der Waals surface area contributed by atoms with Gasteiger partial charge in [0.25, 0.3) is 0 Å². The van der Waals surface area contributed by atoms with Crippen molar-refractivity contribution in [2.75, 3.05) is 6.54 Å². The van der Waals surface area contributed by atoms with Crippen molar-refractivity contribution in [2.24, 2.45) is 0 Å². The van der Waals surface area contributed by atoms with Gasteiger partial charge in [-0.15, -0.1) is 3.63 Å². The second kappa shape index (κ2) is 6.85. The van der Waals surface area contributed by atoms with Crippen molar-refractivity contribution < 1.29 is 29.6 Å². The summed E-state index contributed by atoms with van der Waals surface area (Å²) < 4.78 is 55.6. The van der Waals surface area contributed by atoms with Crippen LogP contribution in [0.25, 0.3) is 0 Å². The van der Waals surface area contributed by atoms with Gasteiger partial charge in [-0.3, -0.25) is 9.11 Å². The maximum Gasteiger partial charge on any atom is 0.413 e. The zero-order valence-corrected chi connectivity index (χ0v) is 11.4. The van der Waals surface area contributed by atoms with E-state index in [9.17, 15) is 16.8 Å². The van der Waals surface area contributed by atoms with Crippen molar-refractivity contribution in [1.82, 2.24) is 4.90 Å². The zero-order chi connectivity index (χ0) is 14.4. The van der Waals surface area contributed by atoms with Crippen LogP contribution in [0.15, 0.2) is 24.4 Å². The molecule has 10 heteroatoms. The SMILES string of the molecule is CC(C)N1C=CC=CC1.O=S(=O)(O)OS(=O)(=O)O. The first-order chi connectivity index (χ1) is 8.01. The van der Waals surface area contributed by atoms with Crippen LogP contribution in [-0.2, 0) is 24.4 Å². The van der Waals surface area contributed by atoms with Crippen molar-refractivity contribution in [3.8, 4) is 0 Å². The molecule has 1 aliphatic rings. The first-order valence-electron chi connectivity index (χ1n) is 4.76. The van der Waals surface area contributed by atoms with Crippen LogP contribution in [0, 0.1) is 0 Å². The molecule has 106 valence electrons. The van der Waals surface area contributed by atoms with Crippen LogP contribution in [0.2, 0.25) is 0 Å². The van der Waals surface area contributed by atoms with Gasteiger partial charge in [0.15, 0.2) is 0 Å². The van der Waals surface area contributed by atoms with Crippen molar-refractivity contribution in [3.05, 3.63) is 24.4 Å². The van der Waals surface area contributed by atoms with Gasteiger partial charge in [-0.25, -0.2) is 0 Å². The van der Waals surface area contributed by atoms with E-state index in [0.717, 1.165) is 6.54 Å². The van der Waals surface area contributed by atoms with Gasteiger partial charge in [-0.2, -0.15) is 16.8 Å². The van der Waals surface area contributed by atoms with Gasteiger partial charge in [-0.1, -0.05) is 12.2 Å². The van der Waals surface area contributed by atoms with Crippen molar-refractivity contribution in [1.29, 1.82) is 0 Å². The number of nitrogens with zero attached hydrogens (tertiary/aromatic N) is 1. The Bertz CT molecular complexity index is 474. The van der Waals surface area contributed by atoms with Crippen LogP contribution in [-0.4, -0.2) is 43.4 Å². The topological polar surface area (TPSA) is 121 Å². The molecule has 0 atom stereocenters. The largest absolute Gasteiger partial charge is 0.413 e. The third kappa shape index (κ3) is 10.2. The zero-order valence-electron chi connectivity index (χ0n) is 9.79. The highest BCUT2D eigenvalue weighted by Gasteiger charge is 2.15. The summed E-state index contributed by atoms with van der Waals surface area (Å²) in [6, 6.07) is 0.631. The van der Waals surface area contributed by atoms with E-state index in [0.29, 0.717) is 6.04 Å². The first-order valence-corrected chi connectivity index (χ1v) is 7.49. The Labute approximate surface area is 106 Å². The molecular weight excluding hydrogens is 286 g/mol. The molecule has 18 heavy (non-hydrogen) atoms. The Balaban J connectivity index is 0.000000321. The Morgan fingerprint density at radius 1 is 1.11 bits per heavy atom. The van der Waals surface area contributed by atoms with Gasteiger partial charge in [-0.05, 0) is 26.1 Å². The predicted molar refractivity (Wildman–Crippen MR) is 64.3 cm³/mol. The highest BCUT2D eigenvalue weighted by atomic mass is 32.3. The molecule has 2 N–H and O–H groups in total. The molecule has 0 aromatic heterocycles. The van der Waals surface area contributed by atoms with Crippen molar-refractivity contribution >= 4 is 20.8 Å². The maximum absolute atomic E-state index is 9.44. The fourth-order valence-electron chi connectivity index (χ4n) is 0.974. The third-order valence-corrected chi connectivity index (χ3v) is 3.05. The molecule has 0 saturated carbocycles. The second-order valence-electron chi connectivity index (χ2n) is 3.48.